The predicted molar refractivity (Wildman–Crippen MR) is 84.6 cm³/mol. The van der Waals surface area contributed by atoms with Crippen LogP contribution in [0, 0.1) is 23.7 Å². The van der Waals surface area contributed by atoms with Crippen molar-refractivity contribution in [1.29, 1.82) is 0 Å². The molecule has 0 aromatic heterocycles. The van der Waals surface area contributed by atoms with E-state index in [1.165, 1.54) is 0 Å². The van der Waals surface area contributed by atoms with E-state index >= 15 is 0 Å². The monoisotopic (exact) mass is 343 g/mol. The predicted octanol–water partition coefficient (Wildman–Crippen LogP) is 0.894. The van der Waals surface area contributed by atoms with Crippen molar-refractivity contribution in [1.82, 2.24) is 5.32 Å². The lowest BCUT2D eigenvalue weighted by Crippen LogP contribution is -2.44. The molecule has 2 aliphatic carbocycles. The van der Waals surface area contributed by atoms with Crippen LogP contribution in [0.3, 0.4) is 0 Å². The molecule has 0 aromatic rings. The number of carbonyl (C=O) groups excluding carboxylic acids is 1. The standard InChI is InChI=1S/C15H25NO6Si/c1-20-23(21-2,22-3)8-4-7-16-14(17)12-10-5-6-11(9-10)13(12)15(18)19/h5-6,10-13H,4,7-9H2,1-3H3,(H,16,17)(H,18,19)/t10-,11+,12?,13?/m0/s1. The van der Waals surface area contributed by atoms with Gasteiger partial charge in [-0.05, 0) is 24.7 Å². The Morgan fingerprint density at radius 3 is 2.22 bits per heavy atom. The molecular formula is C15H25NO6Si. The van der Waals surface area contributed by atoms with Gasteiger partial charge < -0.3 is 23.7 Å². The van der Waals surface area contributed by atoms with Gasteiger partial charge in [-0.15, -0.1) is 0 Å². The van der Waals surface area contributed by atoms with E-state index in [0.717, 1.165) is 6.42 Å². The first kappa shape index (κ1) is 18.1. The number of allylic oxidation sites excluding steroid dienone is 2. The van der Waals surface area contributed by atoms with Gasteiger partial charge in [-0.2, -0.15) is 0 Å². The highest BCUT2D eigenvalue weighted by Gasteiger charge is 2.51. The Labute approximate surface area is 137 Å². The van der Waals surface area contributed by atoms with Crippen LogP contribution in [-0.4, -0.2) is 53.7 Å². The van der Waals surface area contributed by atoms with Crippen LogP contribution in [0.25, 0.3) is 0 Å². The van der Waals surface area contributed by atoms with Crippen LogP contribution in [0.4, 0.5) is 0 Å². The molecule has 1 amide bonds. The van der Waals surface area contributed by atoms with Crippen LogP contribution in [0.2, 0.25) is 6.04 Å². The second kappa shape index (κ2) is 7.56. The molecule has 7 nitrogen and oxygen atoms in total. The molecule has 1 fully saturated rings. The van der Waals surface area contributed by atoms with Crippen molar-refractivity contribution in [2.75, 3.05) is 27.9 Å². The van der Waals surface area contributed by atoms with Gasteiger partial charge in [-0.1, -0.05) is 12.2 Å². The van der Waals surface area contributed by atoms with Crippen LogP contribution in [0.1, 0.15) is 12.8 Å². The third kappa shape index (κ3) is 3.65. The van der Waals surface area contributed by atoms with E-state index in [9.17, 15) is 14.7 Å². The van der Waals surface area contributed by atoms with E-state index in [1.54, 1.807) is 21.3 Å². The molecule has 130 valence electrons. The smallest absolute Gasteiger partial charge is 0.481 e. The van der Waals surface area contributed by atoms with Crippen molar-refractivity contribution in [2.24, 2.45) is 23.7 Å². The lowest BCUT2D eigenvalue weighted by molar-refractivity contribution is -0.147. The normalized spacial score (nSPS) is 29.0. The molecule has 2 rings (SSSR count). The van der Waals surface area contributed by atoms with Crippen molar-refractivity contribution >= 4 is 20.7 Å². The highest BCUT2D eigenvalue weighted by Crippen LogP contribution is 2.48. The van der Waals surface area contributed by atoms with Gasteiger partial charge in [0.05, 0.1) is 11.8 Å². The first-order valence-corrected chi connectivity index (χ1v) is 9.75. The Hall–Kier alpha value is -1.22. The summed E-state index contributed by atoms with van der Waals surface area (Å²) in [5.41, 5.74) is 0. The van der Waals surface area contributed by atoms with Crippen molar-refractivity contribution in [3.63, 3.8) is 0 Å². The number of rotatable bonds is 9. The SMILES string of the molecule is CO[Si](CCCNC(=O)C1C(C(=O)O)[C@@H]2C=C[C@H]1C2)(OC)OC. The zero-order chi connectivity index (χ0) is 17.0. The van der Waals surface area contributed by atoms with Crippen molar-refractivity contribution in [3.8, 4) is 0 Å². The van der Waals surface area contributed by atoms with E-state index < -0.39 is 26.6 Å². The highest BCUT2D eigenvalue weighted by atomic mass is 28.4. The number of amides is 1. The number of nitrogens with one attached hydrogen (secondary N) is 1. The van der Waals surface area contributed by atoms with Gasteiger partial charge in [0, 0.05) is 33.9 Å². The average molecular weight is 343 g/mol. The van der Waals surface area contributed by atoms with E-state index in [2.05, 4.69) is 5.32 Å². The van der Waals surface area contributed by atoms with Crippen LogP contribution in [-0.2, 0) is 22.9 Å². The molecule has 0 heterocycles. The Bertz CT molecular complexity index is 470. The van der Waals surface area contributed by atoms with Crippen LogP contribution >= 0.6 is 0 Å². The molecule has 2 aliphatic rings. The summed E-state index contributed by atoms with van der Waals surface area (Å²) in [6.07, 6.45) is 5.33. The third-order valence-electron chi connectivity index (χ3n) is 4.94. The summed E-state index contributed by atoms with van der Waals surface area (Å²) in [7, 11) is 2.04. The summed E-state index contributed by atoms with van der Waals surface area (Å²) in [6.45, 7) is 0.452. The van der Waals surface area contributed by atoms with Crippen molar-refractivity contribution in [3.05, 3.63) is 12.2 Å². The maximum atomic E-state index is 12.4. The lowest BCUT2D eigenvalue weighted by atomic mass is 9.82. The second-order valence-electron chi connectivity index (χ2n) is 6.03. The molecule has 0 radical (unpaired) electrons. The molecular weight excluding hydrogens is 318 g/mol. The number of fused-ring (bicyclic) bond motifs is 2. The molecule has 0 saturated heterocycles. The Kier molecular flexibility index (Phi) is 5.96. The first-order valence-electron chi connectivity index (χ1n) is 7.82. The average Bonchev–Trinajstić information content (AvgIpc) is 3.16. The van der Waals surface area contributed by atoms with E-state index in [0.29, 0.717) is 19.0 Å². The molecule has 0 aromatic carbocycles. The topological polar surface area (TPSA) is 94.1 Å². The molecule has 8 heteroatoms. The molecule has 2 unspecified atom stereocenters. The maximum absolute atomic E-state index is 12.4. The minimum atomic E-state index is -2.62. The molecule has 1 saturated carbocycles. The molecule has 2 N–H and O–H groups in total. The minimum absolute atomic E-state index is 0.0104. The lowest BCUT2D eigenvalue weighted by Gasteiger charge is -2.25. The summed E-state index contributed by atoms with van der Waals surface area (Å²) in [4.78, 5) is 23.8. The van der Waals surface area contributed by atoms with Gasteiger partial charge in [0.2, 0.25) is 5.91 Å². The van der Waals surface area contributed by atoms with E-state index in [-0.39, 0.29) is 17.7 Å². The Balaban J connectivity index is 1.83. The molecule has 0 aliphatic heterocycles. The van der Waals surface area contributed by atoms with E-state index in [4.69, 9.17) is 13.3 Å². The summed E-state index contributed by atoms with van der Waals surface area (Å²) in [6, 6.07) is 0.593. The number of aliphatic carboxylic acids is 1. The summed E-state index contributed by atoms with van der Waals surface area (Å²) < 4.78 is 16.0. The molecule has 4 atom stereocenters. The number of carboxylic acid groups (broad SMARTS) is 1. The highest BCUT2D eigenvalue weighted by molar-refractivity contribution is 6.60. The minimum Gasteiger partial charge on any atom is -0.481 e. The van der Waals surface area contributed by atoms with Crippen LogP contribution < -0.4 is 5.32 Å². The zero-order valence-electron chi connectivity index (χ0n) is 13.8. The van der Waals surface area contributed by atoms with Gasteiger partial charge in [-0.3, -0.25) is 9.59 Å². The van der Waals surface area contributed by atoms with Crippen LogP contribution in [0.15, 0.2) is 12.2 Å². The number of carbonyl (C=O) groups is 2. The fourth-order valence-corrected chi connectivity index (χ4v) is 5.43. The summed E-state index contributed by atoms with van der Waals surface area (Å²) in [5, 5.41) is 12.2. The summed E-state index contributed by atoms with van der Waals surface area (Å²) in [5.74, 6) is -2.08. The molecule has 23 heavy (non-hydrogen) atoms. The second-order valence-corrected chi connectivity index (χ2v) is 9.12. The van der Waals surface area contributed by atoms with Gasteiger partial charge in [0.25, 0.3) is 0 Å². The van der Waals surface area contributed by atoms with Gasteiger partial charge in [0.15, 0.2) is 0 Å². The van der Waals surface area contributed by atoms with Gasteiger partial charge in [0.1, 0.15) is 0 Å². The fraction of sp³-hybridized carbons (Fsp3) is 0.733. The van der Waals surface area contributed by atoms with E-state index in [1.807, 2.05) is 12.2 Å². The first-order chi connectivity index (χ1) is 11.0. The Morgan fingerprint density at radius 1 is 1.13 bits per heavy atom. The van der Waals surface area contributed by atoms with Gasteiger partial charge >= 0.3 is 14.8 Å². The molecule has 0 spiro atoms. The fourth-order valence-electron chi connectivity index (χ4n) is 3.71. The Morgan fingerprint density at radius 2 is 1.70 bits per heavy atom. The number of carboxylic acids is 1. The summed E-state index contributed by atoms with van der Waals surface area (Å²) >= 11 is 0. The third-order valence-corrected chi connectivity index (χ3v) is 7.77. The maximum Gasteiger partial charge on any atom is 0.500 e. The van der Waals surface area contributed by atoms with Gasteiger partial charge in [-0.25, -0.2) is 0 Å². The van der Waals surface area contributed by atoms with Crippen molar-refractivity contribution < 1.29 is 28.0 Å². The number of hydrogen-bond donors (Lipinski definition) is 2. The largest absolute Gasteiger partial charge is 0.500 e. The number of hydrogen-bond acceptors (Lipinski definition) is 5. The van der Waals surface area contributed by atoms with Crippen LogP contribution in [0.5, 0.6) is 0 Å². The van der Waals surface area contributed by atoms with Crippen molar-refractivity contribution in [2.45, 2.75) is 18.9 Å². The quantitative estimate of drug-likeness (QED) is 0.367. The molecule has 2 bridgehead atoms. The zero-order valence-corrected chi connectivity index (χ0v) is 14.8.